The molecule has 1 aromatic carbocycles. The summed E-state index contributed by atoms with van der Waals surface area (Å²) in [7, 11) is 0. The van der Waals surface area contributed by atoms with Crippen LogP contribution in [0.4, 0.5) is 0 Å². The molecule has 0 atom stereocenters. The van der Waals surface area contributed by atoms with Crippen LogP contribution in [0, 0.1) is 0 Å². The molecule has 19 heavy (non-hydrogen) atoms. The van der Waals surface area contributed by atoms with Crippen LogP contribution in [0.5, 0.6) is 5.75 Å². The molecule has 0 saturated carbocycles. The molecule has 2 N–H and O–H groups in total. The van der Waals surface area contributed by atoms with Gasteiger partial charge in [-0.15, -0.1) is 0 Å². The molecule has 0 radical (unpaired) electrons. The largest absolute Gasteiger partial charge is 0.481 e. The van der Waals surface area contributed by atoms with Gasteiger partial charge in [0.2, 0.25) is 0 Å². The maximum Gasteiger partial charge on any atom is 0.257 e. The van der Waals surface area contributed by atoms with Crippen LogP contribution in [0.15, 0.2) is 18.2 Å². The van der Waals surface area contributed by atoms with Gasteiger partial charge in [0, 0.05) is 13.1 Å². The average Bonchev–Trinajstić information content (AvgIpc) is 2.38. The van der Waals surface area contributed by atoms with Crippen molar-refractivity contribution < 1.29 is 9.53 Å². The van der Waals surface area contributed by atoms with Gasteiger partial charge in [-0.2, -0.15) is 0 Å². The number of rotatable bonds is 8. The number of ether oxygens (including phenoxy) is 1. The van der Waals surface area contributed by atoms with Crippen molar-refractivity contribution in [2.24, 2.45) is 0 Å². The van der Waals surface area contributed by atoms with E-state index < -0.39 is 0 Å². The van der Waals surface area contributed by atoms with Gasteiger partial charge in [0.05, 0.1) is 10.0 Å². The van der Waals surface area contributed by atoms with Crippen LogP contribution in [0.25, 0.3) is 0 Å². The van der Waals surface area contributed by atoms with Gasteiger partial charge in [-0.1, -0.05) is 36.2 Å². The Labute approximate surface area is 123 Å². The molecule has 0 heterocycles. The highest BCUT2D eigenvalue weighted by molar-refractivity contribution is 6.37. The summed E-state index contributed by atoms with van der Waals surface area (Å²) in [5.41, 5.74) is 0. The van der Waals surface area contributed by atoms with E-state index in [2.05, 4.69) is 17.6 Å². The second-order valence-corrected chi connectivity index (χ2v) is 4.75. The van der Waals surface area contributed by atoms with E-state index in [1.54, 1.807) is 18.2 Å². The molecule has 4 nitrogen and oxygen atoms in total. The number of nitrogens with one attached hydrogen (secondary N) is 2. The topological polar surface area (TPSA) is 50.4 Å². The van der Waals surface area contributed by atoms with E-state index in [1.165, 1.54) is 0 Å². The SMILES string of the molecule is CCCNCCNC(=O)COc1c(Cl)cccc1Cl. The van der Waals surface area contributed by atoms with E-state index in [1.807, 2.05) is 0 Å². The number of halogens is 2. The van der Waals surface area contributed by atoms with Gasteiger partial charge in [-0.05, 0) is 25.1 Å². The fourth-order valence-corrected chi connectivity index (χ4v) is 1.91. The number of carbonyl (C=O) groups excluding carboxylic acids is 1. The van der Waals surface area contributed by atoms with Crippen molar-refractivity contribution >= 4 is 29.1 Å². The Balaban J connectivity index is 2.26. The summed E-state index contributed by atoms with van der Waals surface area (Å²) in [5.74, 6) is 0.138. The summed E-state index contributed by atoms with van der Waals surface area (Å²) < 4.78 is 5.31. The lowest BCUT2D eigenvalue weighted by Gasteiger charge is -2.10. The van der Waals surface area contributed by atoms with Gasteiger partial charge < -0.3 is 15.4 Å². The Morgan fingerprint density at radius 2 is 1.89 bits per heavy atom. The highest BCUT2D eigenvalue weighted by Crippen LogP contribution is 2.32. The Morgan fingerprint density at radius 1 is 1.21 bits per heavy atom. The fraction of sp³-hybridized carbons (Fsp3) is 0.462. The van der Waals surface area contributed by atoms with Crippen molar-refractivity contribution in [2.75, 3.05) is 26.2 Å². The smallest absolute Gasteiger partial charge is 0.257 e. The zero-order valence-electron chi connectivity index (χ0n) is 10.8. The Morgan fingerprint density at radius 3 is 2.53 bits per heavy atom. The van der Waals surface area contributed by atoms with Crippen LogP contribution in [0.1, 0.15) is 13.3 Å². The maximum atomic E-state index is 11.5. The molecule has 6 heteroatoms. The molecule has 0 aromatic heterocycles. The molecule has 0 fully saturated rings. The fourth-order valence-electron chi connectivity index (χ4n) is 1.40. The first kappa shape index (κ1) is 16.1. The number of benzene rings is 1. The minimum Gasteiger partial charge on any atom is -0.481 e. The molecule has 0 aliphatic heterocycles. The summed E-state index contributed by atoms with van der Waals surface area (Å²) in [5, 5.41) is 6.71. The summed E-state index contributed by atoms with van der Waals surface area (Å²) >= 11 is 11.8. The number of para-hydroxylation sites is 1. The first-order valence-corrected chi connectivity index (χ1v) is 6.95. The molecule has 0 unspecified atom stereocenters. The van der Waals surface area contributed by atoms with E-state index >= 15 is 0 Å². The third kappa shape index (κ3) is 6.14. The second-order valence-electron chi connectivity index (χ2n) is 3.94. The molecular weight excluding hydrogens is 287 g/mol. The van der Waals surface area contributed by atoms with Crippen LogP contribution in [0.2, 0.25) is 10.0 Å². The Kier molecular flexibility index (Phi) is 7.63. The van der Waals surface area contributed by atoms with Gasteiger partial charge in [-0.25, -0.2) is 0 Å². The number of carbonyl (C=O) groups is 1. The monoisotopic (exact) mass is 304 g/mol. The first-order chi connectivity index (χ1) is 9.15. The summed E-state index contributed by atoms with van der Waals surface area (Å²) in [4.78, 5) is 11.5. The van der Waals surface area contributed by atoms with Crippen LogP contribution in [-0.4, -0.2) is 32.1 Å². The Hall–Kier alpha value is -0.970. The molecule has 106 valence electrons. The van der Waals surface area contributed by atoms with Crippen molar-refractivity contribution in [2.45, 2.75) is 13.3 Å². The highest BCUT2D eigenvalue weighted by atomic mass is 35.5. The molecule has 0 saturated heterocycles. The number of hydrogen-bond acceptors (Lipinski definition) is 3. The summed E-state index contributed by atoms with van der Waals surface area (Å²) in [6.45, 7) is 4.25. The molecule has 1 aromatic rings. The minimum absolute atomic E-state index is 0.1000. The van der Waals surface area contributed by atoms with E-state index in [-0.39, 0.29) is 12.5 Å². The van der Waals surface area contributed by atoms with Crippen LogP contribution < -0.4 is 15.4 Å². The third-order valence-electron chi connectivity index (χ3n) is 2.32. The van der Waals surface area contributed by atoms with Gasteiger partial charge in [-0.3, -0.25) is 4.79 Å². The molecule has 1 amide bonds. The van der Waals surface area contributed by atoms with Gasteiger partial charge >= 0.3 is 0 Å². The molecule has 1 rings (SSSR count). The molecule has 0 aliphatic rings. The Bertz CT molecular complexity index is 393. The second kappa shape index (κ2) is 9.02. The van der Waals surface area contributed by atoms with Gasteiger partial charge in [0.25, 0.3) is 5.91 Å². The standard InChI is InChI=1S/C13H18Cl2N2O2/c1-2-6-16-7-8-17-12(18)9-19-13-10(14)4-3-5-11(13)15/h3-5,16H,2,6-9H2,1H3,(H,17,18). The van der Waals surface area contributed by atoms with E-state index in [0.717, 1.165) is 19.5 Å². The molecular formula is C13H18Cl2N2O2. The molecule has 0 spiro atoms. The van der Waals surface area contributed by atoms with Gasteiger partial charge in [0.15, 0.2) is 12.4 Å². The predicted octanol–water partition coefficient (Wildman–Crippen LogP) is 2.49. The van der Waals surface area contributed by atoms with Crippen molar-refractivity contribution in [1.82, 2.24) is 10.6 Å². The minimum atomic E-state index is -0.200. The average molecular weight is 305 g/mol. The lowest BCUT2D eigenvalue weighted by atomic mass is 10.3. The van der Waals surface area contributed by atoms with Gasteiger partial charge in [0.1, 0.15) is 0 Å². The van der Waals surface area contributed by atoms with Crippen molar-refractivity contribution in [3.05, 3.63) is 28.2 Å². The normalized spacial score (nSPS) is 10.3. The number of hydrogen-bond donors (Lipinski definition) is 2. The van der Waals surface area contributed by atoms with Crippen LogP contribution in [0.3, 0.4) is 0 Å². The van der Waals surface area contributed by atoms with E-state index in [4.69, 9.17) is 27.9 Å². The number of amides is 1. The summed E-state index contributed by atoms with van der Waals surface area (Å²) in [6, 6.07) is 5.04. The van der Waals surface area contributed by atoms with Crippen molar-refractivity contribution in [3.8, 4) is 5.75 Å². The van der Waals surface area contributed by atoms with Crippen LogP contribution >= 0.6 is 23.2 Å². The predicted molar refractivity (Wildman–Crippen MR) is 78.1 cm³/mol. The quantitative estimate of drug-likeness (QED) is 0.726. The lowest BCUT2D eigenvalue weighted by Crippen LogP contribution is -2.35. The maximum absolute atomic E-state index is 11.5. The van der Waals surface area contributed by atoms with E-state index in [0.29, 0.717) is 22.3 Å². The summed E-state index contributed by atoms with van der Waals surface area (Å²) in [6.07, 6.45) is 1.07. The highest BCUT2D eigenvalue weighted by Gasteiger charge is 2.08. The zero-order chi connectivity index (χ0) is 14.1. The first-order valence-electron chi connectivity index (χ1n) is 6.19. The van der Waals surface area contributed by atoms with E-state index in [9.17, 15) is 4.79 Å². The van der Waals surface area contributed by atoms with Crippen molar-refractivity contribution in [3.63, 3.8) is 0 Å². The molecule has 0 aliphatic carbocycles. The molecule has 0 bridgehead atoms. The zero-order valence-corrected chi connectivity index (χ0v) is 12.4. The van der Waals surface area contributed by atoms with Crippen LogP contribution in [-0.2, 0) is 4.79 Å². The van der Waals surface area contributed by atoms with Crippen molar-refractivity contribution in [1.29, 1.82) is 0 Å². The third-order valence-corrected chi connectivity index (χ3v) is 2.91. The lowest BCUT2D eigenvalue weighted by molar-refractivity contribution is -0.123.